The van der Waals surface area contributed by atoms with E-state index in [2.05, 4.69) is 52.0 Å². The molecule has 20 heavy (non-hydrogen) atoms. The molecule has 2 atom stereocenters. The summed E-state index contributed by atoms with van der Waals surface area (Å²) in [7, 11) is 0. The van der Waals surface area contributed by atoms with Gasteiger partial charge >= 0.3 is 0 Å². The number of benzene rings is 2. The van der Waals surface area contributed by atoms with Crippen molar-refractivity contribution in [2.24, 2.45) is 0 Å². The fourth-order valence-electron chi connectivity index (χ4n) is 3.92. The van der Waals surface area contributed by atoms with Crippen molar-refractivity contribution in [3.63, 3.8) is 0 Å². The average Bonchev–Trinajstić information content (AvgIpc) is 2.44. The quantitative estimate of drug-likeness (QED) is 0.746. The van der Waals surface area contributed by atoms with Crippen LogP contribution in [0.15, 0.2) is 24.3 Å². The molecule has 106 valence electrons. The zero-order valence-corrected chi connectivity index (χ0v) is 13.0. The highest BCUT2D eigenvalue weighted by molar-refractivity contribution is 5.91. The van der Waals surface area contributed by atoms with E-state index in [1.165, 1.54) is 27.5 Å². The van der Waals surface area contributed by atoms with Crippen LogP contribution in [0.4, 0.5) is 0 Å². The van der Waals surface area contributed by atoms with Crippen LogP contribution in [-0.2, 0) is 24.0 Å². The lowest BCUT2D eigenvalue weighted by Crippen LogP contribution is -2.25. The Hall–Kier alpha value is -1.34. The SMILES string of the molecule is CCc1c2c(c(CC)c3ccccc13)[C@@H](C)O[C@H](C)C2. The highest BCUT2D eigenvalue weighted by Gasteiger charge is 2.28. The van der Waals surface area contributed by atoms with E-state index in [9.17, 15) is 0 Å². The van der Waals surface area contributed by atoms with Crippen LogP contribution in [0.1, 0.15) is 56.1 Å². The normalized spacial score (nSPS) is 22.0. The van der Waals surface area contributed by atoms with Crippen molar-refractivity contribution >= 4 is 10.8 Å². The minimum Gasteiger partial charge on any atom is -0.371 e. The third kappa shape index (κ3) is 1.96. The second kappa shape index (κ2) is 5.21. The molecule has 1 nitrogen and oxygen atoms in total. The predicted octanol–water partition coefficient (Wildman–Crippen LogP) is 4.99. The molecule has 0 aliphatic carbocycles. The van der Waals surface area contributed by atoms with Crippen LogP contribution < -0.4 is 0 Å². The average molecular weight is 268 g/mol. The zero-order valence-electron chi connectivity index (χ0n) is 13.0. The van der Waals surface area contributed by atoms with Gasteiger partial charge in [0.25, 0.3) is 0 Å². The Bertz CT molecular complexity index is 642. The molecular weight excluding hydrogens is 244 g/mol. The van der Waals surface area contributed by atoms with Gasteiger partial charge in [0.2, 0.25) is 0 Å². The molecule has 0 bridgehead atoms. The summed E-state index contributed by atoms with van der Waals surface area (Å²) in [4.78, 5) is 0. The minimum absolute atomic E-state index is 0.221. The highest BCUT2D eigenvalue weighted by atomic mass is 16.5. The van der Waals surface area contributed by atoms with Gasteiger partial charge in [0.05, 0.1) is 12.2 Å². The molecule has 0 saturated heterocycles. The second-order valence-electron chi connectivity index (χ2n) is 5.90. The largest absolute Gasteiger partial charge is 0.371 e. The summed E-state index contributed by atoms with van der Waals surface area (Å²) < 4.78 is 6.10. The smallest absolute Gasteiger partial charge is 0.0806 e. The number of hydrogen-bond donors (Lipinski definition) is 0. The summed E-state index contributed by atoms with van der Waals surface area (Å²) in [5.41, 5.74) is 6.07. The van der Waals surface area contributed by atoms with Crippen molar-refractivity contribution in [3.8, 4) is 0 Å². The predicted molar refractivity (Wildman–Crippen MR) is 85.4 cm³/mol. The Morgan fingerprint density at radius 1 is 1.00 bits per heavy atom. The van der Waals surface area contributed by atoms with Gasteiger partial charge in [-0.3, -0.25) is 0 Å². The van der Waals surface area contributed by atoms with E-state index in [0.717, 1.165) is 19.3 Å². The molecule has 0 spiro atoms. The lowest BCUT2D eigenvalue weighted by atomic mass is 9.81. The lowest BCUT2D eigenvalue weighted by Gasteiger charge is -2.33. The van der Waals surface area contributed by atoms with E-state index < -0.39 is 0 Å². The maximum atomic E-state index is 6.10. The molecule has 2 aromatic rings. The molecule has 2 aromatic carbocycles. The van der Waals surface area contributed by atoms with Crippen LogP contribution in [-0.4, -0.2) is 6.10 Å². The maximum Gasteiger partial charge on any atom is 0.0806 e. The number of fused-ring (bicyclic) bond motifs is 2. The summed E-state index contributed by atoms with van der Waals surface area (Å²) in [5, 5.41) is 2.88. The molecule has 0 aromatic heterocycles. The molecule has 1 heteroatoms. The summed E-state index contributed by atoms with van der Waals surface area (Å²) in [6.45, 7) is 8.94. The minimum atomic E-state index is 0.221. The molecule has 0 amide bonds. The summed E-state index contributed by atoms with van der Waals surface area (Å²) in [6, 6.07) is 8.89. The fourth-order valence-corrected chi connectivity index (χ4v) is 3.92. The number of ether oxygens (including phenoxy) is 1. The van der Waals surface area contributed by atoms with Crippen LogP contribution in [0.3, 0.4) is 0 Å². The first kappa shape index (κ1) is 13.6. The monoisotopic (exact) mass is 268 g/mol. The molecule has 3 rings (SSSR count). The summed E-state index contributed by atoms with van der Waals surface area (Å²) in [6.07, 6.45) is 3.79. The van der Waals surface area contributed by atoms with Crippen LogP contribution in [0.25, 0.3) is 10.8 Å². The first-order chi connectivity index (χ1) is 9.67. The second-order valence-corrected chi connectivity index (χ2v) is 5.90. The Morgan fingerprint density at radius 2 is 1.60 bits per heavy atom. The van der Waals surface area contributed by atoms with E-state index in [1.54, 1.807) is 5.56 Å². The first-order valence-corrected chi connectivity index (χ1v) is 7.88. The molecule has 1 heterocycles. The van der Waals surface area contributed by atoms with Crippen LogP contribution in [0, 0.1) is 0 Å². The number of aryl methyl sites for hydroxylation is 2. The molecule has 1 aliphatic rings. The highest BCUT2D eigenvalue weighted by Crippen LogP contribution is 2.40. The molecule has 0 N–H and O–H groups in total. The van der Waals surface area contributed by atoms with E-state index in [-0.39, 0.29) is 6.10 Å². The molecule has 0 fully saturated rings. The first-order valence-electron chi connectivity index (χ1n) is 7.88. The zero-order chi connectivity index (χ0) is 14.3. The number of hydrogen-bond acceptors (Lipinski definition) is 1. The maximum absolute atomic E-state index is 6.10. The van der Waals surface area contributed by atoms with Crippen molar-refractivity contribution in [2.75, 3.05) is 0 Å². The summed E-state index contributed by atoms with van der Waals surface area (Å²) >= 11 is 0. The Labute approximate surface area is 122 Å². The summed E-state index contributed by atoms with van der Waals surface area (Å²) in [5.74, 6) is 0. The molecular formula is C19H24O. The van der Waals surface area contributed by atoms with Crippen molar-refractivity contribution in [1.29, 1.82) is 0 Å². The third-order valence-corrected chi connectivity index (χ3v) is 4.63. The number of rotatable bonds is 2. The Morgan fingerprint density at radius 3 is 2.20 bits per heavy atom. The van der Waals surface area contributed by atoms with E-state index in [1.807, 2.05) is 0 Å². The molecule has 0 saturated carbocycles. The van der Waals surface area contributed by atoms with Gasteiger partial charge in [0.1, 0.15) is 0 Å². The standard InChI is InChI=1S/C19H24O/c1-5-14-16-9-7-8-10-17(16)15(6-2)19-13(4)20-12(3)11-18(14)19/h7-10,12-13H,5-6,11H2,1-4H3/t12-,13-/m1/s1. The van der Waals surface area contributed by atoms with E-state index in [0.29, 0.717) is 6.10 Å². The van der Waals surface area contributed by atoms with Gasteiger partial charge in [-0.05, 0) is 66.1 Å². The Balaban J connectivity index is 2.42. The van der Waals surface area contributed by atoms with Crippen LogP contribution in [0.2, 0.25) is 0 Å². The topological polar surface area (TPSA) is 9.23 Å². The van der Waals surface area contributed by atoms with Crippen molar-refractivity contribution in [2.45, 2.75) is 59.2 Å². The third-order valence-electron chi connectivity index (χ3n) is 4.63. The fraction of sp³-hybridized carbons (Fsp3) is 0.474. The van der Waals surface area contributed by atoms with E-state index in [4.69, 9.17) is 4.74 Å². The molecule has 1 aliphatic heterocycles. The van der Waals surface area contributed by atoms with Gasteiger partial charge in [0, 0.05) is 0 Å². The van der Waals surface area contributed by atoms with Gasteiger partial charge in [-0.25, -0.2) is 0 Å². The van der Waals surface area contributed by atoms with Crippen molar-refractivity contribution < 1.29 is 4.74 Å². The van der Waals surface area contributed by atoms with Crippen molar-refractivity contribution in [3.05, 3.63) is 46.5 Å². The van der Waals surface area contributed by atoms with Gasteiger partial charge in [0.15, 0.2) is 0 Å². The van der Waals surface area contributed by atoms with E-state index >= 15 is 0 Å². The van der Waals surface area contributed by atoms with Gasteiger partial charge in [-0.15, -0.1) is 0 Å². The molecule has 0 unspecified atom stereocenters. The van der Waals surface area contributed by atoms with Crippen LogP contribution in [0.5, 0.6) is 0 Å². The van der Waals surface area contributed by atoms with Crippen LogP contribution >= 0.6 is 0 Å². The lowest BCUT2D eigenvalue weighted by molar-refractivity contribution is -0.00529. The van der Waals surface area contributed by atoms with Gasteiger partial charge < -0.3 is 4.74 Å². The van der Waals surface area contributed by atoms with Gasteiger partial charge in [-0.2, -0.15) is 0 Å². The molecule has 0 radical (unpaired) electrons. The van der Waals surface area contributed by atoms with Gasteiger partial charge in [-0.1, -0.05) is 38.1 Å². The van der Waals surface area contributed by atoms with Crippen molar-refractivity contribution in [1.82, 2.24) is 0 Å². The Kier molecular flexibility index (Phi) is 3.55.